The van der Waals surface area contributed by atoms with Crippen LogP contribution in [-0.4, -0.2) is 22.7 Å². The summed E-state index contributed by atoms with van der Waals surface area (Å²) in [6, 6.07) is 4.19. The van der Waals surface area contributed by atoms with Gasteiger partial charge in [-0.25, -0.2) is 0 Å². The smallest absolute Gasteiger partial charge is 0.406 e. The SMILES string of the molecule is N#CC(O)C(O)c1cc(OC(F)(F)F)ccc1N. The molecule has 8 heteroatoms. The lowest BCUT2D eigenvalue weighted by Crippen LogP contribution is -2.19. The second-order valence-electron chi connectivity index (χ2n) is 3.36. The Balaban J connectivity index is 3.06. The van der Waals surface area contributed by atoms with E-state index in [9.17, 15) is 18.3 Å². The average molecular weight is 262 g/mol. The van der Waals surface area contributed by atoms with Crippen LogP contribution < -0.4 is 10.5 Å². The van der Waals surface area contributed by atoms with Gasteiger partial charge in [0.05, 0.1) is 6.07 Å². The van der Waals surface area contributed by atoms with E-state index in [1.54, 1.807) is 0 Å². The number of nitrogen functional groups attached to an aromatic ring is 1. The van der Waals surface area contributed by atoms with Crippen molar-refractivity contribution in [2.24, 2.45) is 0 Å². The minimum atomic E-state index is -4.88. The molecule has 0 amide bonds. The van der Waals surface area contributed by atoms with E-state index >= 15 is 0 Å². The molecule has 98 valence electrons. The quantitative estimate of drug-likeness (QED) is 0.559. The van der Waals surface area contributed by atoms with Crippen LogP contribution >= 0.6 is 0 Å². The number of aliphatic hydroxyl groups excluding tert-OH is 2. The molecule has 1 aromatic carbocycles. The Hall–Kier alpha value is -1.98. The minimum Gasteiger partial charge on any atom is -0.406 e. The van der Waals surface area contributed by atoms with Crippen LogP contribution in [0.4, 0.5) is 18.9 Å². The van der Waals surface area contributed by atoms with E-state index in [-0.39, 0.29) is 11.3 Å². The number of ether oxygens (including phenoxy) is 1. The first-order valence-electron chi connectivity index (χ1n) is 4.65. The highest BCUT2D eigenvalue weighted by Gasteiger charge is 2.31. The van der Waals surface area contributed by atoms with E-state index in [1.165, 1.54) is 6.07 Å². The van der Waals surface area contributed by atoms with Gasteiger partial charge in [0.1, 0.15) is 11.9 Å². The molecule has 0 aliphatic carbocycles. The van der Waals surface area contributed by atoms with Gasteiger partial charge in [-0.2, -0.15) is 5.26 Å². The summed E-state index contributed by atoms with van der Waals surface area (Å²) in [6.07, 6.45) is -8.40. The first-order valence-corrected chi connectivity index (χ1v) is 4.65. The molecule has 0 radical (unpaired) electrons. The molecule has 1 aromatic rings. The summed E-state index contributed by atoms with van der Waals surface area (Å²) >= 11 is 0. The molecule has 4 N–H and O–H groups in total. The normalized spacial score (nSPS) is 14.7. The Morgan fingerprint density at radius 3 is 2.44 bits per heavy atom. The van der Waals surface area contributed by atoms with E-state index in [0.717, 1.165) is 18.2 Å². The summed E-state index contributed by atoms with van der Waals surface area (Å²) in [6.45, 7) is 0. The number of nitrogens with zero attached hydrogens (tertiary/aromatic N) is 1. The Morgan fingerprint density at radius 2 is 1.94 bits per heavy atom. The maximum Gasteiger partial charge on any atom is 0.573 e. The van der Waals surface area contributed by atoms with Gasteiger partial charge in [-0.05, 0) is 18.2 Å². The summed E-state index contributed by atoms with van der Waals surface area (Å²) in [5.74, 6) is -0.601. The lowest BCUT2D eigenvalue weighted by molar-refractivity contribution is -0.274. The van der Waals surface area contributed by atoms with E-state index in [1.807, 2.05) is 0 Å². The molecule has 1 rings (SSSR count). The van der Waals surface area contributed by atoms with Crippen molar-refractivity contribution in [3.63, 3.8) is 0 Å². The number of alkyl halides is 3. The largest absolute Gasteiger partial charge is 0.573 e. The fourth-order valence-corrected chi connectivity index (χ4v) is 1.25. The van der Waals surface area contributed by atoms with Crippen molar-refractivity contribution in [2.75, 3.05) is 5.73 Å². The minimum absolute atomic E-state index is 0.0636. The van der Waals surface area contributed by atoms with Gasteiger partial charge in [-0.1, -0.05) is 0 Å². The zero-order valence-corrected chi connectivity index (χ0v) is 8.85. The Labute approximate surface area is 99.8 Å². The summed E-state index contributed by atoms with van der Waals surface area (Å²) < 4.78 is 39.6. The van der Waals surface area contributed by atoms with Crippen molar-refractivity contribution in [3.05, 3.63) is 23.8 Å². The second kappa shape index (κ2) is 5.12. The van der Waals surface area contributed by atoms with E-state index in [2.05, 4.69) is 4.74 Å². The molecule has 0 aliphatic rings. The topological polar surface area (TPSA) is 99.5 Å². The fourth-order valence-electron chi connectivity index (χ4n) is 1.25. The standard InChI is InChI=1S/C10H9F3N2O3/c11-10(12,13)18-5-1-2-7(15)6(3-5)9(17)8(16)4-14/h1-3,8-9,16-17H,15H2. The second-order valence-corrected chi connectivity index (χ2v) is 3.36. The molecular weight excluding hydrogens is 253 g/mol. The van der Waals surface area contributed by atoms with Crippen LogP contribution in [0, 0.1) is 11.3 Å². The van der Waals surface area contributed by atoms with Gasteiger partial charge >= 0.3 is 6.36 Å². The van der Waals surface area contributed by atoms with Gasteiger partial charge in [-0.3, -0.25) is 0 Å². The highest BCUT2D eigenvalue weighted by atomic mass is 19.4. The fraction of sp³-hybridized carbons (Fsp3) is 0.300. The van der Waals surface area contributed by atoms with E-state index in [0.29, 0.717) is 0 Å². The molecule has 2 unspecified atom stereocenters. The van der Waals surface area contributed by atoms with Crippen LogP contribution in [0.2, 0.25) is 0 Å². The van der Waals surface area contributed by atoms with E-state index in [4.69, 9.17) is 16.1 Å². The number of aliphatic hydroxyl groups is 2. The van der Waals surface area contributed by atoms with Crippen LogP contribution in [0.15, 0.2) is 18.2 Å². The van der Waals surface area contributed by atoms with Gasteiger partial charge in [0.15, 0.2) is 6.10 Å². The first kappa shape index (κ1) is 14.1. The highest BCUT2D eigenvalue weighted by molar-refractivity contribution is 5.52. The molecule has 0 saturated heterocycles. The van der Waals surface area contributed by atoms with Gasteiger partial charge in [0, 0.05) is 11.3 Å². The molecule has 5 nitrogen and oxygen atoms in total. The third-order valence-electron chi connectivity index (χ3n) is 2.04. The molecular formula is C10H9F3N2O3. The molecule has 0 saturated carbocycles. The monoisotopic (exact) mass is 262 g/mol. The number of hydrogen-bond acceptors (Lipinski definition) is 5. The number of nitrogens with two attached hydrogens (primary N) is 1. The molecule has 2 atom stereocenters. The lowest BCUT2D eigenvalue weighted by atomic mass is 10.0. The van der Waals surface area contributed by atoms with Crippen molar-refractivity contribution >= 4 is 5.69 Å². The van der Waals surface area contributed by atoms with Crippen molar-refractivity contribution in [1.82, 2.24) is 0 Å². The maximum absolute atomic E-state index is 12.0. The molecule has 0 aromatic heterocycles. The predicted octanol–water partition coefficient (Wildman–Crippen LogP) is 1.09. The molecule has 0 fully saturated rings. The summed E-state index contributed by atoms with van der Waals surface area (Å²) in [5.41, 5.74) is 5.15. The third kappa shape index (κ3) is 3.51. The highest BCUT2D eigenvalue weighted by Crippen LogP contribution is 2.30. The van der Waals surface area contributed by atoms with Crippen LogP contribution in [0.1, 0.15) is 11.7 Å². The van der Waals surface area contributed by atoms with Crippen molar-refractivity contribution in [2.45, 2.75) is 18.6 Å². The molecule has 0 aliphatic heterocycles. The first-order chi connectivity index (χ1) is 8.24. The summed E-state index contributed by atoms with van der Waals surface area (Å²) in [7, 11) is 0. The number of nitriles is 1. The molecule has 0 spiro atoms. The Morgan fingerprint density at radius 1 is 1.33 bits per heavy atom. The van der Waals surface area contributed by atoms with Crippen LogP contribution in [0.3, 0.4) is 0 Å². The van der Waals surface area contributed by atoms with Crippen LogP contribution in [0.25, 0.3) is 0 Å². The van der Waals surface area contributed by atoms with Crippen LogP contribution in [-0.2, 0) is 0 Å². The Bertz CT molecular complexity index is 470. The van der Waals surface area contributed by atoms with Gasteiger partial charge in [0.25, 0.3) is 0 Å². The zero-order valence-electron chi connectivity index (χ0n) is 8.85. The van der Waals surface area contributed by atoms with Crippen molar-refractivity contribution in [1.29, 1.82) is 5.26 Å². The molecule has 0 bridgehead atoms. The van der Waals surface area contributed by atoms with Crippen LogP contribution in [0.5, 0.6) is 5.75 Å². The average Bonchev–Trinajstić information content (AvgIpc) is 2.28. The lowest BCUT2D eigenvalue weighted by Gasteiger charge is -2.16. The third-order valence-corrected chi connectivity index (χ3v) is 2.04. The summed E-state index contributed by atoms with van der Waals surface area (Å²) in [5, 5.41) is 27.0. The molecule has 0 heterocycles. The number of rotatable bonds is 3. The molecule has 18 heavy (non-hydrogen) atoms. The van der Waals surface area contributed by atoms with Crippen molar-refractivity contribution < 1.29 is 28.1 Å². The number of anilines is 1. The summed E-state index contributed by atoms with van der Waals surface area (Å²) in [4.78, 5) is 0. The van der Waals surface area contributed by atoms with Crippen molar-refractivity contribution in [3.8, 4) is 11.8 Å². The maximum atomic E-state index is 12.0. The van der Waals surface area contributed by atoms with Gasteiger partial charge in [0.2, 0.25) is 0 Å². The number of benzene rings is 1. The van der Waals surface area contributed by atoms with Gasteiger partial charge in [-0.15, -0.1) is 13.2 Å². The predicted molar refractivity (Wildman–Crippen MR) is 54.1 cm³/mol. The van der Waals surface area contributed by atoms with Gasteiger partial charge < -0.3 is 20.7 Å². The van der Waals surface area contributed by atoms with E-state index < -0.39 is 24.3 Å². The zero-order chi connectivity index (χ0) is 13.9. The number of halogens is 3. The Kier molecular flexibility index (Phi) is 4.00. The number of hydrogen-bond donors (Lipinski definition) is 3.